The van der Waals surface area contributed by atoms with E-state index >= 15 is 0 Å². The molecule has 8 heteroatoms. The van der Waals surface area contributed by atoms with Gasteiger partial charge in [0, 0.05) is 22.8 Å². The molecule has 3 aromatic rings. The summed E-state index contributed by atoms with van der Waals surface area (Å²) in [7, 11) is 0. The maximum atomic E-state index is 13.8. The van der Waals surface area contributed by atoms with Crippen molar-refractivity contribution in [3.05, 3.63) is 70.5 Å². The molecular weight excluding hydrogens is 393 g/mol. The first-order valence-electron chi connectivity index (χ1n) is 7.85. The number of nitrogens with one attached hydrogen (secondary N) is 1. The highest BCUT2D eigenvalue weighted by molar-refractivity contribution is 8.00. The van der Waals surface area contributed by atoms with E-state index in [4.69, 9.17) is 11.6 Å². The van der Waals surface area contributed by atoms with Crippen molar-refractivity contribution in [1.29, 1.82) is 0 Å². The fraction of sp³-hybridized carbons (Fsp3) is 0.167. The molecule has 0 bridgehead atoms. The number of hydrogen-bond acceptors (Lipinski definition) is 5. The van der Waals surface area contributed by atoms with Crippen molar-refractivity contribution < 1.29 is 9.18 Å². The number of nitrogens with zero attached hydrogens (tertiary/aromatic N) is 2. The summed E-state index contributed by atoms with van der Waals surface area (Å²) in [5.74, 6) is -0.107. The molecule has 134 valence electrons. The van der Waals surface area contributed by atoms with E-state index in [0.29, 0.717) is 38.7 Å². The van der Waals surface area contributed by atoms with E-state index in [1.54, 1.807) is 12.1 Å². The number of carbonyl (C=O) groups is 1. The van der Waals surface area contributed by atoms with E-state index in [2.05, 4.69) is 15.5 Å². The predicted octanol–water partition coefficient (Wildman–Crippen LogP) is 5.19. The van der Waals surface area contributed by atoms with Gasteiger partial charge in [-0.2, -0.15) is 0 Å². The van der Waals surface area contributed by atoms with Crippen molar-refractivity contribution >= 4 is 45.7 Å². The van der Waals surface area contributed by atoms with Gasteiger partial charge in [0.15, 0.2) is 4.34 Å². The predicted molar refractivity (Wildman–Crippen MR) is 104 cm³/mol. The molecule has 0 aliphatic heterocycles. The van der Waals surface area contributed by atoms with E-state index < -0.39 is 0 Å². The van der Waals surface area contributed by atoms with E-state index in [1.165, 1.54) is 29.2 Å². The molecule has 1 amide bonds. The first-order valence-corrected chi connectivity index (χ1v) is 10.0. The van der Waals surface area contributed by atoms with E-state index in [1.807, 2.05) is 30.3 Å². The van der Waals surface area contributed by atoms with Crippen LogP contribution in [0.1, 0.15) is 17.5 Å². The second-order valence-electron chi connectivity index (χ2n) is 5.40. The van der Waals surface area contributed by atoms with E-state index in [-0.39, 0.29) is 11.7 Å². The van der Waals surface area contributed by atoms with Crippen LogP contribution in [0.4, 0.5) is 9.52 Å². The first-order chi connectivity index (χ1) is 12.6. The summed E-state index contributed by atoms with van der Waals surface area (Å²) in [6.45, 7) is 0. The van der Waals surface area contributed by atoms with Gasteiger partial charge in [0.25, 0.3) is 0 Å². The van der Waals surface area contributed by atoms with Crippen molar-refractivity contribution in [2.45, 2.75) is 22.9 Å². The molecule has 0 saturated carbocycles. The normalized spacial score (nSPS) is 10.7. The highest BCUT2D eigenvalue weighted by atomic mass is 35.5. The zero-order valence-corrected chi connectivity index (χ0v) is 16.0. The van der Waals surface area contributed by atoms with Crippen molar-refractivity contribution in [3.8, 4) is 0 Å². The zero-order valence-electron chi connectivity index (χ0n) is 13.6. The molecule has 0 unspecified atom stereocenters. The third-order valence-corrected chi connectivity index (χ3v) is 5.89. The molecule has 3 rings (SSSR count). The van der Waals surface area contributed by atoms with Crippen LogP contribution < -0.4 is 5.32 Å². The Morgan fingerprint density at radius 1 is 1.15 bits per heavy atom. The average Bonchev–Trinajstić information content (AvgIpc) is 3.08. The Balaban J connectivity index is 1.50. The number of rotatable bonds is 7. The summed E-state index contributed by atoms with van der Waals surface area (Å²) < 4.78 is 14.4. The largest absolute Gasteiger partial charge is 0.300 e. The molecule has 1 N–H and O–H groups in total. The van der Waals surface area contributed by atoms with Gasteiger partial charge in [0.05, 0.1) is 0 Å². The SMILES string of the molecule is O=C(CCc1ccccc1)Nc1nnc(SCc2c(F)cccc2Cl)s1. The Hall–Kier alpha value is -1.96. The van der Waals surface area contributed by atoms with Gasteiger partial charge in [-0.25, -0.2) is 4.39 Å². The summed E-state index contributed by atoms with van der Waals surface area (Å²) in [6.07, 6.45) is 1.04. The van der Waals surface area contributed by atoms with Gasteiger partial charge in [-0.1, -0.05) is 71.1 Å². The topological polar surface area (TPSA) is 54.9 Å². The maximum absolute atomic E-state index is 13.8. The molecule has 0 atom stereocenters. The molecule has 26 heavy (non-hydrogen) atoms. The van der Waals surface area contributed by atoms with Crippen molar-refractivity contribution in [3.63, 3.8) is 0 Å². The summed E-state index contributed by atoms with van der Waals surface area (Å²) in [6, 6.07) is 14.4. The summed E-state index contributed by atoms with van der Waals surface area (Å²) in [5, 5.41) is 11.5. The molecule has 0 spiro atoms. The Morgan fingerprint density at radius 2 is 1.96 bits per heavy atom. The standard InChI is InChI=1S/C18H15ClFN3OS2/c19-14-7-4-8-15(20)13(14)11-25-18-23-22-17(26-18)21-16(24)10-9-12-5-2-1-3-6-12/h1-8H,9-11H2,(H,21,22,24). The van der Waals surface area contributed by atoms with Crippen LogP contribution in [0.5, 0.6) is 0 Å². The van der Waals surface area contributed by atoms with Gasteiger partial charge in [-0.05, 0) is 24.1 Å². The number of hydrogen-bond donors (Lipinski definition) is 1. The quantitative estimate of drug-likeness (QED) is 0.432. The van der Waals surface area contributed by atoms with Crippen LogP contribution >= 0.6 is 34.7 Å². The minimum absolute atomic E-state index is 0.112. The average molecular weight is 408 g/mol. The molecule has 0 radical (unpaired) electrons. The molecule has 0 aliphatic carbocycles. The fourth-order valence-electron chi connectivity index (χ4n) is 2.21. The van der Waals surface area contributed by atoms with Crippen LogP contribution in [-0.2, 0) is 17.0 Å². The number of thioether (sulfide) groups is 1. The molecule has 1 aromatic heterocycles. The molecule has 2 aromatic carbocycles. The number of benzene rings is 2. The van der Waals surface area contributed by atoms with Crippen LogP contribution in [-0.4, -0.2) is 16.1 Å². The lowest BCUT2D eigenvalue weighted by Gasteiger charge is -2.03. The minimum Gasteiger partial charge on any atom is -0.300 e. The van der Waals surface area contributed by atoms with E-state index in [9.17, 15) is 9.18 Å². The maximum Gasteiger partial charge on any atom is 0.226 e. The number of aromatic nitrogens is 2. The summed E-state index contributed by atoms with van der Waals surface area (Å²) in [5.41, 5.74) is 1.54. The smallest absolute Gasteiger partial charge is 0.226 e. The Bertz CT molecular complexity index is 869. The van der Waals surface area contributed by atoms with Gasteiger partial charge in [-0.15, -0.1) is 10.2 Å². The minimum atomic E-state index is -0.344. The third kappa shape index (κ3) is 5.27. The highest BCUT2D eigenvalue weighted by Gasteiger charge is 2.12. The molecular formula is C18H15ClFN3OS2. The Kier molecular flexibility index (Phi) is 6.60. The zero-order chi connectivity index (χ0) is 18.4. The van der Waals surface area contributed by atoms with Gasteiger partial charge >= 0.3 is 0 Å². The van der Waals surface area contributed by atoms with Crippen LogP contribution in [0, 0.1) is 5.82 Å². The lowest BCUT2D eigenvalue weighted by atomic mass is 10.1. The molecule has 1 heterocycles. The van der Waals surface area contributed by atoms with Crippen LogP contribution in [0.15, 0.2) is 52.9 Å². The molecule has 4 nitrogen and oxygen atoms in total. The van der Waals surface area contributed by atoms with Gasteiger partial charge in [-0.3, -0.25) is 4.79 Å². The third-order valence-electron chi connectivity index (χ3n) is 3.54. The van der Waals surface area contributed by atoms with Crippen LogP contribution in [0.25, 0.3) is 0 Å². The lowest BCUT2D eigenvalue weighted by Crippen LogP contribution is -2.12. The van der Waals surface area contributed by atoms with Crippen LogP contribution in [0.3, 0.4) is 0 Å². The fourth-order valence-corrected chi connectivity index (χ4v) is 4.32. The Morgan fingerprint density at radius 3 is 2.73 bits per heavy atom. The summed E-state index contributed by atoms with van der Waals surface area (Å²) in [4.78, 5) is 12.0. The number of halogens is 2. The molecule has 0 aliphatic rings. The number of carbonyl (C=O) groups excluding carboxylic acids is 1. The molecule has 0 saturated heterocycles. The molecule has 0 fully saturated rings. The van der Waals surface area contributed by atoms with Gasteiger partial charge in [0.2, 0.25) is 11.0 Å². The highest BCUT2D eigenvalue weighted by Crippen LogP contribution is 2.31. The number of aryl methyl sites for hydroxylation is 1. The Labute approximate surface area is 163 Å². The van der Waals surface area contributed by atoms with Gasteiger partial charge < -0.3 is 5.32 Å². The second-order valence-corrected chi connectivity index (χ2v) is 8.00. The lowest BCUT2D eigenvalue weighted by molar-refractivity contribution is -0.116. The monoisotopic (exact) mass is 407 g/mol. The summed E-state index contributed by atoms with van der Waals surface area (Å²) >= 11 is 8.60. The van der Waals surface area contributed by atoms with Crippen molar-refractivity contribution in [2.75, 3.05) is 5.32 Å². The first kappa shape index (κ1) is 18.8. The number of anilines is 1. The second kappa shape index (κ2) is 9.12. The number of amides is 1. The van der Waals surface area contributed by atoms with Gasteiger partial charge in [0.1, 0.15) is 5.82 Å². The van der Waals surface area contributed by atoms with Crippen LogP contribution in [0.2, 0.25) is 5.02 Å². The van der Waals surface area contributed by atoms with Crippen molar-refractivity contribution in [2.24, 2.45) is 0 Å². The van der Waals surface area contributed by atoms with Crippen molar-refractivity contribution in [1.82, 2.24) is 10.2 Å². The van der Waals surface area contributed by atoms with E-state index in [0.717, 1.165) is 5.56 Å².